The highest BCUT2D eigenvalue weighted by atomic mass is 16.1. The zero-order chi connectivity index (χ0) is 10.1. The van der Waals surface area contributed by atoms with E-state index in [1.807, 2.05) is 12.1 Å². The first-order chi connectivity index (χ1) is 6.66. The molecular formula is C11H12N2O. The highest BCUT2D eigenvalue weighted by Gasteiger charge is 2.02. The molecule has 0 saturated carbocycles. The van der Waals surface area contributed by atoms with Crippen LogP contribution in [0.25, 0.3) is 11.0 Å². The topological polar surface area (TPSA) is 45.8 Å². The number of rotatable bonds is 1. The van der Waals surface area contributed by atoms with Gasteiger partial charge in [-0.1, -0.05) is 13.8 Å². The third-order valence-electron chi connectivity index (χ3n) is 2.20. The van der Waals surface area contributed by atoms with Crippen molar-refractivity contribution in [2.45, 2.75) is 19.8 Å². The molecule has 0 radical (unpaired) electrons. The number of nitrogens with zero attached hydrogens (tertiary/aromatic N) is 1. The number of pyridine rings is 2. The van der Waals surface area contributed by atoms with Crippen LogP contribution in [0.3, 0.4) is 0 Å². The van der Waals surface area contributed by atoms with Gasteiger partial charge in [0, 0.05) is 17.1 Å². The Morgan fingerprint density at radius 3 is 2.64 bits per heavy atom. The van der Waals surface area contributed by atoms with Gasteiger partial charge in [0.25, 0.3) is 0 Å². The van der Waals surface area contributed by atoms with Crippen LogP contribution in [0.15, 0.2) is 29.1 Å². The Morgan fingerprint density at radius 1 is 1.21 bits per heavy atom. The first kappa shape index (κ1) is 8.94. The highest BCUT2D eigenvalue weighted by molar-refractivity contribution is 5.74. The van der Waals surface area contributed by atoms with Gasteiger partial charge in [0.1, 0.15) is 5.65 Å². The van der Waals surface area contributed by atoms with Gasteiger partial charge in [0.05, 0.1) is 0 Å². The van der Waals surface area contributed by atoms with Gasteiger partial charge in [-0.3, -0.25) is 4.79 Å². The summed E-state index contributed by atoms with van der Waals surface area (Å²) in [5.74, 6) is 0.378. The molecule has 0 aromatic carbocycles. The first-order valence-corrected chi connectivity index (χ1v) is 4.67. The van der Waals surface area contributed by atoms with Crippen molar-refractivity contribution >= 4 is 11.0 Å². The lowest BCUT2D eigenvalue weighted by atomic mass is 10.1. The van der Waals surface area contributed by atoms with E-state index >= 15 is 0 Å². The molecular weight excluding hydrogens is 176 g/mol. The van der Waals surface area contributed by atoms with E-state index in [1.54, 1.807) is 6.07 Å². The van der Waals surface area contributed by atoms with E-state index in [9.17, 15) is 4.79 Å². The summed E-state index contributed by atoms with van der Waals surface area (Å²) in [5, 5.41) is 0.967. The molecule has 0 saturated heterocycles. The summed E-state index contributed by atoms with van der Waals surface area (Å²) in [6, 6.07) is 7.27. The maximum absolute atomic E-state index is 11.1. The molecule has 0 unspecified atom stereocenters. The van der Waals surface area contributed by atoms with Crippen molar-refractivity contribution in [3.05, 3.63) is 40.3 Å². The number of hydrogen-bond donors (Lipinski definition) is 1. The maximum Gasteiger partial charge on any atom is 0.249 e. The fourth-order valence-corrected chi connectivity index (χ4v) is 1.36. The van der Waals surface area contributed by atoms with Crippen molar-refractivity contribution in [2.24, 2.45) is 0 Å². The van der Waals surface area contributed by atoms with Gasteiger partial charge < -0.3 is 4.98 Å². The number of fused-ring (bicyclic) bond motifs is 1. The summed E-state index contributed by atoms with van der Waals surface area (Å²) in [6.45, 7) is 4.16. The van der Waals surface area contributed by atoms with E-state index in [0.29, 0.717) is 11.6 Å². The molecule has 1 N–H and O–H groups in total. The Bertz CT molecular complexity index is 514. The zero-order valence-corrected chi connectivity index (χ0v) is 8.24. The largest absolute Gasteiger partial charge is 0.307 e. The number of nitrogens with one attached hydrogen (secondary N) is 1. The van der Waals surface area contributed by atoms with E-state index in [1.165, 1.54) is 6.07 Å². The Labute approximate surface area is 81.8 Å². The summed E-state index contributed by atoms with van der Waals surface area (Å²) < 4.78 is 0. The highest BCUT2D eigenvalue weighted by Crippen LogP contribution is 2.14. The van der Waals surface area contributed by atoms with E-state index in [-0.39, 0.29) is 5.56 Å². The van der Waals surface area contributed by atoms with Crippen LogP contribution < -0.4 is 5.56 Å². The Hall–Kier alpha value is -1.64. The van der Waals surface area contributed by atoms with Gasteiger partial charge in [0.15, 0.2) is 0 Å². The van der Waals surface area contributed by atoms with Crippen LogP contribution in [0.4, 0.5) is 0 Å². The zero-order valence-electron chi connectivity index (χ0n) is 8.24. The molecule has 0 aliphatic rings. The molecule has 3 nitrogen and oxygen atoms in total. The smallest absolute Gasteiger partial charge is 0.249 e. The molecule has 0 aliphatic carbocycles. The summed E-state index contributed by atoms with van der Waals surface area (Å²) in [4.78, 5) is 18.2. The number of hydrogen-bond acceptors (Lipinski definition) is 2. The van der Waals surface area contributed by atoms with Crippen LogP contribution >= 0.6 is 0 Å². The third-order valence-corrected chi connectivity index (χ3v) is 2.20. The molecule has 0 fully saturated rings. The second-order valence-electron chi connectivity index (χ2n) is 3.65. The minimum absolute atomic E-state index is 0.106. The standard InChI is InChI=1S/C11H12N2O/c1-7(2)9-5-3-8-4-6-10(14)13-11(8)12-9/h3-7H,1-2H3,(H,12,13,14). The van der Waals surface area contributed by atoms with Crippen LogP contribution in [-0.2, 0) is 0 Å². The average molecular weight is 188 g/mol. The van der Waals surface area contributed by atoms with Crippen LogP contribution in [-0.4, -0.2) is 9.97 Å². The van der Waals surface area contributed by atoms with Crippen LogP contribution in [0.5, 0.6) is 0 Å². The SMILES string of the molecule is CC(C)c1ccc2ccc(=O)[nH]c2n1. The molecule has 0 spiro atoms. The van der Waals surface area contributed by atoms with Crippen molar-refractivity contribution in [1.29, 1.82) is 0 Å². The predicted octanol–water partition coefficient (Wildman–Crippen LogP) is 2.05. The van der Waals surface area contributed by atoms with Crippen molar-refractivity contribution in [3.63, 3.8) is 0 Å². The van der Waals surface area contributed by atoms with Gasteiger partial charge in [-0.15, -0.1) is 0 Å². The van der Waals surface area contributed by atoms with Crippen LogP contribution in [0.2, 0.25) is 0 Å². The summed E-state index contributed by atoms with van der Waals surface area (Å²) in [5.41, 5.74) is 1.56. The number of H-pyrrole nitrogens is 1. The van der Waals surface area contributed by atoms with Gasteiger partial charge in [-0.25, -0.2) is 4.98 Å². The van der Waals surface area contributed by atoms with Crippen LogP contribution in [0.1, 0.15) is 25.5 Å². The monoisotopic (exact) mass is 188 g/mol. The molecule has 3 heteroatoms. The maximum atomic E-state index is 11.1. The fourth-order valence-electron chi connectivity index (χ4n) is 1.36. The van der Waals surface area contributed by atoms with Crippen molar-refractivity contribution in [2.75, 3.05) is 0 Å². The molecule has 14 heavy (non-hydrogen) atoms. The van der Waals surface area contributed by atoms with E-state index < -0.39 is 0 Å². The number of aromatic nitrogens is 2. The van der Waals surface area contributed by atoms with Gasteiger partial charge >= 0.3 is 0 Å². The van der Waals surface area contributed by atoms with E-state index in [0.717, 1.165) is 11.1 Å². The Balaban J connectivity index is 2.69. The molecule has 2 rings (SSSR count). The van der Waals surface area contributed by atoms with Crippen LogP contribution in [0, 0.1) is 0 Å². The summed E-state index contributed by atoms with van der Waals surface area (Å²) in [7, 11) is 0. The first-order valence-electron chi connectivity index (χ1n) is 4.67. The van der Waals surface area contributed by atoms with E-state index in [2.05, 4.69) is 23.8 Å². The molecule has 2 aromatic heterocycles. The third kappa shape index (κ3) is 1.53. The number of aromatic amines is 1. The molecule has 0 atom stereocenters. The molecule has 72 valence electrons. The molecule has 2 heterocycles. The summed E-state index contributed by atoms with van der Waals surface area (Å²) in [6.07, 6.45) is 0. The predicted molar refractivity (Wildman–Crippen MR) is 56.5 cm³/mol. The van der Waals surface area contributed by atoms with Gasteiger partial charge in [-0.2, -0.15) is 0 Å². The lowest BCUT2D eigenvalue weighted by molar-refractivity contribution is 0.827. The lowest BCUT2D eigenvalue weighted by Crippen LogP contribution is -2.04. The molecule has 0 amide bonds. The minimum atomic E-state index is -0.106. The van der Waals surface area contributed by atoms with Crippen molar-refractivity contribution < 1.29 is 0 Å². The normalized spacial score (nSPS) is 11.1. The average Bonchev–Trinajstić information content (AvgIpc) is 2.16. The van der Waals surface area contributed by atoms with Crippen molar-refractivity contribution in [1.82, 2.24) is 9.97 Å². The second kappa shape index (κ2) is 3.25. The molecule has 0 bridgehead atoms. The van der Waals surface area contributed by atoms with Gasteiger partial charge in [-0.05, 0) is 24.1 Å². The second-order valence-corrected chi connectivity index (χ2v) is 3.65. The van der Waals surface area contributed by atoms with Gasteiger partial charge in [0.2, 0.25) is 5.56 Å². The lowest BCUT2D eigenvalue weighted by Gasteiger charge is -2.04. The molecule has 2 aromatic rings. The Kier molecular flexibility index (Phi) is 2.08. The van der Waals surface area contributed by atoms with E-state index in [4.69, 9.17) is 0 Å². The molecule has 0 aliphatic heterocycles. The summed E-state index contributed by atoms with van der Waals surface area (Å²) >= 11 is 0. The fraction of sp³-hybridized carbons (Fsp3) is 0.273. The minimum Gasteiger partial charge on any atom is -0.307 e. The quantitative estimate of drug-likeness (QED) is 0.744. The Morgan fingerprint density at radius 2 is 1.93 bits per heavy atom. The van der Waals surface area contributed by atoms with Crippen molar-refractivity contribution in [3.8, 4) is 0 Å².